The van der Waals surface area contributed by atoms with Crippen LogP contribution in [0.4, 0.5) is 13.2 Å². The van der Waals surface area contributed by atoms with Gasteiger partial charge in [0, 0.05) is 12.5 Å². The van der Waals surface area contributed by atoms with Crippen molar-refractivity contribution in [3.63, 3.8) is 0 Å². The molecule has 4 N–H and O–H groups in total. The van der Waals surface area contributed by atoms with Gasteiger partial charge in [0.15, 0.2) is 11.6 Å². The molecule has 2 heterocycles. The highest BCUT2D eigenvalue weighted by atomic mass is 19.4. The molecule has 1 saturated heterocycles. The summed E-state index contributed by atoms with van der Waals surface area (Å²) in [6.07, 6.45) is -4.01. The van der Waals surface area contributed by atoms with Crippen LogP contribution >= 0.6 is 0 Å². The lowest BCUT2D eigenvalue weighted by Gasteiger charge is -2.22. The van der Waals surface area contributed by atoms with Gasteiger partial charge in [-0.2, -0.15) is 5.26 Å². The number of carbonyl (C=O) groups excluding carboxylic acids is 3. The van der Waals surface area contributed by atoms with Crippen LogP contribution in [0.25, 0.3) is 11.0 Å². The third-order valence-electron chi connectivity index (χ3n) is 5.40. The molecule has 1 aliphatic rings. The van der Waals surface area contributed by atoms with Crippen molar-refractivity contribution in [1.29, 1.82) is 5.26 Å². The average molecular weight is 494 g/mol. The summed E-state index contributed by atoms with van der Waals surface area (Å²) in [5.41, 5.74) is -0.0552. The van der Waals surface area contributed by atoms with Crippen molar-refractivity contribution in [2.75, 3.05) is 6.54 Å². The number of fused-ring (bicyclic) bond motifs is 1. The van der Waals surface area contributed by atoms with Gasteiger partial charge < -0.3 is 25.7 Å². The quantitative estimate of drug-likeness (QED) is 0.420. The van der Waals surface area contributed by atoms with Gasteiger partial charge in [0.2, 0.25) is 11.8 Å². The van der Waals surface area contributed by atoms with Gasteiger partial charge in [-0.15, -0.1) is 13.2 Å². The van der Waals surface area contributed by atoms with Crippen molar-refractivity contribution in [3.05, 3.63) is 24.0 Å². The fourth-order valence-electron chi connectivity index (χ4n) is 3.82. The summed E-state index contributed by atoms with van der Waals surface area (Å²) in [7, 11) is 0. The molecule has 188 valence electrons. The number of hydrogen-bond donors (Lipinski definition) is 4. The molecule has 13 heteroatoms. The second kappa shape index (κ2) is 10.6. The SMILES string of the molecule is CC(C)CC(NC(=O)c1nc2c(OC(F)(F)F)cccc2[nH]1)C(=O)NC(C#N)CC1CCNC1=O. The number of ether oxygens (including phenoxy) is 1. The number of hydrogen-bond acceptors (Lipinski definition) is 6. The first-order valence-electron chi connectivity index (χ1n) is 11.0. The second-order valence-corrected chi connectivity index (χ2v) is 8.64. The smallest absolute Gasteiger partial charge is 0.403 e. The van der Waals surface area contributed by atoms with Crippen molar-refractivity contribution < 1.29 is 32.3 Å². The molecular formula is C22H25F3N6O4. The molecule has 0 aliphatic carbocycles. The molecule has 35 heavy (non-hydrogen) atoms. The van der Waals surface area contributed by atoms with Crippen molar-refractivity contribution in [3.8, 4) is 11.8 Å². The Morgan fingerprint density at radius 2 is 2.06 bits per heavy atom. The van der Waals surface area contributed by atoms with Gasteiger partial charge in [-0.05, 0) is 37.3 Å². The summed E-state index contributed by atoms with van der Waals surface area (Å²) in [6.45, 7) is 4.17. The molecule has 1 fully saturated rings. The van der Waals surface area contributed by atoms with E-state index in [-0.39, 0.29) is 47.4 Å². The van der Waals surface area contributed by atoms with Gasteiger partial charge in [0.1, 0.15) is 17.6 Å². The Morgan fingerprint density at radius 3 is 2.66 bits per heavy atom. The van der Waals surface area contributed by atoms with Gasteiger partial charge >= 0.3 is 6.36 Å². The van der Waals surface area contributed by atoms with Crippen LogP contribution < -0.4 is 20.7 Å². The fourth-order valence-corrected chi connectivity index (χ4v) is 3.82. The number of aromatic amines is 1. The van der Waals surface area contributed by atoms with E-state index in [1.54, 1.807) is 0 Å². The van der Waals surface area contributed by atoms with E-state index in [1.165, 1.54) is 12.1 Å². The number of nitrogens with zero attached hydrogens (tertiary/aromatic N) is 2. The standard InChI is InChI=1S/C22H25F3N6O4/c1-11(2)8-15(20(33)28-13(10-26)9-12-6-7-27-19(12)32)30-21(34)18-29-14-4-3-5-16(17(14)31-18)35-22(23,24)25/h3-5,11-13,15H,6-9H2,1-2H3,(H,27,32)(H,28,33)(H,29,31)(H,30,34). The summed E-state index contributed by atoms with van der Waals surface area (Å²) >= 11 is 0. The topological polar surface area (TPSA) is 149 Å². The molecule has 3 rings (SSSR count). The Balaban J connectivity index is 1.74. The molecule has 0 radical (unpaired) electrons. The minimum atomic E-state index is -4.94. The third kappa shape index (κ3) is 6.84. The summed E-state index contributed by atoms with van der Waals surface area (Å²) in [5.74, 6) is -2.90. The average Bonchev–Trinajstić information content (AvgIpc) is 3.38. The van der Waals surface area contributed by atoms with Crippen LogP contribution in [0.1, 0.15) is 43.7 Å². The Bertz CT molecular complexity index is 1140. The van der Waals surface area contributed by atoms with Gasteiger partial charge in [-0.1, -0.05) is 19.9 Å². The number of halogens is 3. The molecule has 1 aliphatic heterocycles. The lowest BCUT2D eigenvalue weighted by molar-refractivity contribution is -0.274. The number of para-hydroxylation sites is 1. The van der Waals surface area contributed by atoms with E-state index in [2.05, 4.69) is 30.7 Å². The van der Waals surface area contributed by atoms with Gasteiger partial charge in [0.05, 0.1) is 11.6 Å². The second-order valence-electron chi connectivity index (χ2n) is 8.64. The number of alkyl halides is 3. The maximum atomic E-state index is 12.9. The number of imidazole rings is 1. The molecule has 3 atom stereocenters. The number of nitriles is 1. The zero-order valence-electron chi connectivity index (χ0n) is 19.0. The largest absolute Gasteiger partial charge is 0.573 e. The highest BCUT2D eigenvalue weighted by Gasteiger charge is 2.33. The van der Waals surface area contributed by atoms with Crippen molar-refractivity contribution in [1.82, 2.24) is 25.9 Å². The molecule has 0 bridgehead atoms. The first-order valence-corrected chi connectivity index (χ1v) is 11.0. The molecule has 3 amide bonds. The zero-order valence-corrected chi connectivity index (χ0v) is 19.0. The lowest BCUT2D eigenvalue weighted by Crippen LogP contribution is -2.50. The minimum Gasteiger partial charge on any atom is -0.403 e. The Morgan fingerprint density at radius 1 is 1.31 bits per heavy atom. The monoisotopic (exact) mass is 494 g/mol. The van der Waals surface area contributed by atoms with Crippen LogP contribution in [0, 0.1) is 23.2 Å². The summed E-state index contributed by atoms with van der Waals surface area (Å²) in [5, 5.41) is 17.2. The fraction of sp³-hybridized carbons (Fsp3) is 0.500. The van der Waals surface area contributed by atoms with Crippen LogP contribution in [0.5, 0.6) is 5.75 Å². The highest BCUT2D eigenvalue weighted by molar-refractivity contribution is 5.98. The lowest BCUT2D eigenvalue weighted by atomic mass is 9.98. The van der Waals surface area contributed by atoms with Crippen molar-refractivity contribution in [2.24, 2.45) is 11.8 Å². The van der Waals surface area contributed by atoms with E-state index in [0.29, 0.717) is 13.0 Å². The van der Waals surface area contributed by atoms with Crippen LogP contribution in [0.3, 0.4) is 0 Å². The van der Waals surface area contributed by atoms with Crippen LogP contribution in [0.15, 0.2) is 18.2 Å². The van der Waals surface area contributed by atoms with E-state index < -0.39 is 36.0 Å². The van der Waals surface area contributed by atoms with Gasteiger partial charge in [-0.3, -0.25) is 14.4 Å². The number of rotatable bonds is 9. The molecule has 0 saturated carbocycles. The van der Waals surface area contributed by atoms with Crippen molar-refractivity contribution in [2.45, 2.75) is 51.6 Å². The minimum absolute atomic E-state index is 0.0188. The van der Waals surface area contributed by atoms with E-state index in [0.717, 1.165) is 6.07 Å². The predicted molar refractivity (Wildman–Crippen MR) is 117 cm³/mol. The van der Waals surface area contributed by atoms with Crippen LogP contribution in [0.2, 0.25) is 0 Å². The number of nitrogens with one attached hydrogen (secondary N) is 4. The number of amides is 3. The first-order chi connectivity index (χ1) is 16.5. The third-order valence-corrected chi connectivity index (χ3v) is 5.40. The summed E-state index contributed by atoms with van der Waals surface area (Å²) < 4.78 is 42.0. The molecule has 1 aromatic heterocycles. The van der Waals surface area contributed by atoms with Gasteiger partial charge in [0.25, 0.3) is 5.91 Å². The van der Waals surface area contributed by atoms with Crippen LogP contribution in [-0.2, 0) is 9.59 Å². The summed E-state index contributed by atoms with van der Waals surface area (Å²) in [4.78, 5) is 44.1. The maximum absolute atomic E-state index is 12.9. The summed E-state index contributed by atoms with van der Waals surface area (Å²) in [6, 6.07) is 3.79. The van der Waals surface area contributed by atoms with Crippen LogP contribution in [-0.4, -0.2) is 52.7 Å². The predicted octanol–water partition coefficient (Wildman–Crippen LogP) is 2.14. The molecule has 2 aromatic rings. The Hall–Kier alpha value is -3.82. The normalized spacial score (nSPS) is 17.5. The van der Waals surface area contributed by atoms with Gasteiger partial charge in [-0.25, -0.2) is 4.98 Å². The molecule has 10 nitrogen and oxygen atoms in total. The molecule has 3 unspecified atom stereocenters. The van der Waals surface area contributed by atoms with E-state index in [1.807, 2.05) is 19.9 Å². The number of H-pyrrole nitrogens is 1. The Labute approximate surface area is 198 Å². The molecule has 0 spiro atoms. The Kier molecular flexibility index (Phi) is 7.83. The van der Waals surface area contributed by atoms with E-state index in [9.17, 15) is 32.8 Å². The number of aromatic nitrogens is 2. The number of carbonyl (C=O) groups is 3. The molecule has 1 aromatic carbocycles. The first kappa shape index (κ1) is 25.8. The zero-order chi connectivity index (χ0) is 25.8. The number of benzene rings is 1. The van der Waals surface area contributed by atoms with E-state index >= 15 is 0 Å². The van der Waals surface area contributed by atoms with Crippen molar-refractivity contribution >= 4 is 28.8 Å². The maximum Gasteiger partial charge on any atom is 0.573 e. The molecular weight excluding hydrogens is 469 g/mol. The van der Waals surface area contributed by atoms with E-state index in [4.69, 9.17) is 0 Å². The highest BCUT2D eigenvalue weighted by Crippen LogP contribution is 2.29.